The fourth-order valence-corrected chi connectivity index (χ4v) is 3.14. The minimum absolute atomic E-state index is 0.251. The number of halogens is 1. The van der Waals surface area contributed by atoms with Crippen LogP contribution in [0.25, 0.3) is 0 Å². The molecule has 0 atom stereocenters. The van der Waals surface area contributed by atoms with Crippen LogP contribution in [-0.4, -0.2) is 24.9 Å². The summed E-state index contributed by atoms with van der Waals surface area (Å²) in [6, 6.07) is 13.0. The Morgan fingerprint density at radius 1 is 0.962 bits per heavy atom. The Morgan fingerprint density at radius 3 is 2.15 bits per heavy atom. The smallest absolute Gasteiger partial charge is 0.233 e. The first-order chi connectivity index (χ1) is 12.5. The Balaban J connectivity index is 1.51. The van der Waals surface area contributed by atoms with Crippen molar-refractivity contribution in [3.8, 4) is 0 Å². The molecule has 3 rings (SSSR count). The Labute approximate surface area is 158 Å². The number of carbonyl (C=O) groups excluding carboxylic acids is 2. The van der Waals surface area contributed by atoms with Crippen LogP contribution in [0.3, 0.4) is 0 Å². The van der Waals surface area contributed by atoms with Gasteiger partial charge in [-0.05, 0) is 61.7 Å². The average Bonchev–Trinajstić information content (AvgIpc) is 3.13. The van der Waals surface area contributed by atoms with Gasteiger partial charge in [0.15, 0.2) is 0 Å². The molecule has 0 radical (unpaired) electrons. The molecule has 26 heavy (non-hydrogen) atoms. The van der Waals surface area contributed by atoms with Gasteiger partial charge in [0.25, 0.3) is 0 Å². The second-order valence-electron chi connectivity index (χ2n) is 6.48. The molecule has 136 valence electrons. The van der Waals surface area contributed by atoms with Crippen LogP contribution in [0.2, 0.25) is 5.02 Å². The molecule has 6 heteroatoms. The van der Waals surface area contributed by atoms with Crippen molar-refractivity contribution in [1.82, 2.24) is 0 Å². The maximum absolute atomic E-state index is 12.1. The molecule has 1 saturated heterocycles. The van der Waals surface area contributed by atoms with Crippen molar-refractivity contribution in [3.63, 3.8) is 0 Å². The molecule has 1 aliphatic rings. The topological polar surface area (TPSA) is 61.4 Å². The van der Waals surface area contributed by atoms with Crippen molar-refractivity contribution in [3.05, 3.63) is 53.1 Å². The number of amides is 2. The molecule has 1 aliphatic heterocycles. The van der Waals surface area contributed by atoms with Gasteiger partial charge in [-0.25, -0.2) is 0 Å². The van der Waals surface area contributed by atoms with Crippen LogP contribution in [0.4, 0.5) is 17.1 Å². The van der Waals surface area contributed by atoms with E-state index in [1.165, 1.54) is 12.8 Å². The standard InChI is InChI=1S/C20H22ClN3O2/c1-14-4-5-16(12-18(14)21)23-20(26)13-19(25)22-15-6-8-17(9-7-15)24-10-2-3-11-24/h4-9,12H,2-3,10-11,13H2,1H3,(H,22,25)(H,23,26). The molecule has 5 nitrogen and oxygen atoms in total. The number of aryl methyl sites for hydroxylation is 1. The van der Waals surface area contributed by atoms with Crippen molar-refractivity contribution in [2.75, 3.05) is 28.6 Å². The molecule has 2 N–H and O–H groups in total. The van der Waals surface area contributed by atoms with E-state index in [1.54, 1.807) is 12.1 Å². The molecule has 1 heterocycles. The molecule has 0 aromatic heterocycles. The molecule has 0 saturated carbocycles. The Bertz CT molecular complexity index is 799. The summed E-state index contributed by atoms with van der Waals surface area (Å²) in [5.41, 5.74) is 3.35. The number of hydrogen-bond acceptors (Lipinski definition) is 3. The third-order valence-corrected chi connectivity index (χ3v) is 4.81. The van der Waals surface area contributed by atoms with E-state index in [0.29, 0.717) is 16.4 Å². The molecular weight excluding hydrogens is 350 g/mol. The summed E-state index contributed by atoms with van der Waals surface area (Å²) < 4.78 is 0. The first-order valence-corrected chi connectivity index (χ1v) is 9.10. The van der Waals surface area contributed by atoms with Crippen molar-refractivity contribution >= 4 is 40.5 Å². The highest BCUT2D eigenvalue weighted by molar-refractivity contribution is 6.31. The Kier molecular flexibility index (Phi) is 5.78. The first kappa shape index (κ1) is 18.3. The van der Waals surface area contributed by atoms with Gasteiger partial charge in [0, 0.05) is 35.2 Å². The van der Waals surface area contributed by atoms with Crippen LogP contribution in [0.15, 0.2) is 42.5 Å². The minimum atomic E-state index is -0.379. The maximum atomic E-state index is 12.1. The predicted octanol–water partition coefficient (Wildman–Crippen LogP) is 4.22. The molecule has 1 fully saturated rings. The highest BCUT2D eigenvalue weighted by Crippen LogP contribution is 2.22. The summed E-state index contributed by atoms with van der Waals surface area (Å²) in [7, 11) is 0. The van der Waals surface area contributed by atoms with Gasteiger partial charge in [-0.1, -0.05) is 17.7 Å². The number of rotatable bonds is 5. The summed E-state index contributed by atoms with van der Waals surface area (Å²) >= 11 is 6.04. The minimum Gasteiger partial charge on any atom is -0.372 e. The van der Waals surface area contributed by atoms with E-state index < -0.39 is 0 Å². The maximum Gasteiger partial charge on any atom is 0.233 e. The fourth-order valence-electron chi connectivity index (χ4n) is 2.96. The van der Waals surface area contributed by atoms with Gasteiger partial charge in [0.05, 0.1) is 0 Å². The molecule has 0 bridgehead atoms. The van der Waals surface area contributed by atoms with Gasteiger partial charge in [-0.2, -0.15) is 0 Å². The lowest BCUT2D eigenvalue weighted by Crippen LogP contribution is -2.21. The van der Waals surface area contributed by atoms with Gasteiger partial charge < -0.3 is 15.5 Å². The largest absolute Gasteiger partial charge is 0.372 e. The number of nitrogens with zero attached hydrogens (tertiary/aromatic N) is 1. The zero-order valence-electron chi connectivity index (χ0n) is 14.7. The van der Waals surface area contributed by atoms with Gasteiger partial charge in [-0.3, -0.25) is 9.59 Å². The van der Waals surface area contributed by atoms with Crippen molar-refractivity contribution < 1.29 is 9.59 Å². The van der Waals surface area contributed by atoms with Gasteiger partial charge in [0.2, 0.25) is 11.8 Å². The van der Waals surface area contributed by atoms with Gasteiger partial charge in [-0.15, -0.1) is 0 Å². The van der Waals surface area contributed by atoms with Crippen molar-refractivity contribution in [2.24, 2.45) is 0 Å². The summed E-state index contributed by atoms with van der Waals surface area (Å²) in [4.78, 5) is 26.4. The van der Waals surface area contributed by atoms with E-state index in [1.807, 2.05) is 37.3 Å². The van der Waals surface area contributed by atoms with Crippen LogP contribution in [0.5, 0.6) is 0 Å². The molecular formula is C20H22ClN3O2. The number of nitrogens with one attached hydrogen (secondary N) is 2. The average molecular weight is 372 g/mol. The van der Waals surface area contributed by atoms with Crippen LogP contribution >= 0.6 is 11.6 Å². The zero-order chi connectivity index (χ0) is 18.5. The van der Waals surface area contributed by atoms with E-state index >= 15 is 0 Å². The summed E-state index contributed by atoms with van der Waals surface area (Å²) in [6.45, 7) is 4.04. The predicted molar refractivity (Wildman–Crippen MR) is 106 cm³/mol. The SMILES string of the molecule is Cc1ccc(NC(=O)CC(=O)Nc2ccc(N3CCCC3)cc2)cc1Cl. The van der Waals surface area contributed by atoms with Crippen molar-refractivity contribution in [1.29, 1.82) is 0 Å². The second-order valence-corrected chi connectivity index (χ2v) is 6.89. The molecule has 2 amide bonds. The highest BCUT2D eigenvalue weighted by Gasteiger charge is 2.13. The molecule has 0 spiro atoms. The van der Waals surface area contributed by atoms with Crippen LogP contribution in [0, 0.1) is 6.92 Å². The molecule has 0 aliphatic carbocycles. The van der Waals surface area contributed by atoms with E-state index in [0.717, 1.165) is 24.3 Å². The van der Waals surface area contributed by atoms with Gasteiger partial charge >= 0.3 is 0 Å². The summed E-state index contributed by atoms with van der Waals surface area (Å²) in [5.74, 6) is -0.731. The van der Waals surface area contributed by atoms with E-state index in [9.17, 15) is 9.59 Å². The van der Waals surface area contributed by atoms with E-state index in [4.69, 9.17) is 11.6 Å². The number of anilines is 3. The highest BCUT2D eigenvalue weighted by atomic mass is 35.5. The summed E-state index contributed by atoms with van der Waals surface area (Å²) in [6.07, 6.45) is 2.19. The lowest BCUT2D eigenvalue weighted by Gasteiger charge is -2.17. The number of benzene rings is 2. The monoisotopic (exact) mass is 371 g/mol. The normalized spacial score (nSPS) is 13.5. The summed E-state index contributed by atoms with van der Waals surface area (Å²) in [5, 5.41) is 6.01. The molecule has 2 aromatic carbocycles. The number of carbonyl (C=O) groups is 2. The lowest BCUT2D eigenvalue weighted by molar-refractivity contribution is -0.123. The fraction of sp³-hybridized carbons (Fsp3) is 0.300. The lowest BCUT2D eigenvalue weighted by atomic mass is 10.2. The first-order valence-electron chi connectivity index (χ1n) is 8.72. The third kappa shape index (κ3) is 4.76. The van der Waals surface area contributed by atoms with Crippen LogP contribution in [-0.2, 0) is 9.59 Å². The van der Waals surface area contributed by atoms with Crippen molar-refractivity contribution in [2.45, 2.75) is 26.2 Å². The van der Waals surface area contributed by atoms with Gasteiger partial charge in [0.1, 0.15) is 6.42 Å². The third-order valence-electron chi connectivity index (χ3n) is 4.40. The second kappa shape index (κ2) is 8.23. The van der Waals surface area contributed by atoms with Crippen LogP contribution < -0.4 is 15.5 Å². The van der Waals surface area contributed by atoms with E-state index in [-0.39, 0.29) is 18.2 Å². The van der Waals surface area contributed by atoms with E-state index in [2.05, 4.69) is 15.5 Å². The Hall–Kier alpha value is -2.53. The quantitative estimate of drug-likeness (QED) is 0.774. The zero-order valence-corrected chi connectivity index (χ0v) is 15.5. The number of hydrogen-bond donors (Lipinski definition) is 2. The van der Waals surface area contributed by atoms with Crippen LogP contribution in [0.1, 0.15) is 24.8 Å². The Morgan fingerprint density at radius 2 is 1.54 bits per heavy atom. The molecule has 0 unspecified atom stereocenters. The molecule has 2 aromatic rings.